The molecule has 0 aliphatic carbocycles. The van der Waals surface area contributed by atoms with E-state index in [1.807, 2.05) is 0 Å². The van der Waals surface area contributed by atoms with Crippen LogP contribution in [0.1, 0.15) is 20.7 Å². The monoisotopic (exact) mass is 272 g/mol. The SMILES string of the molecule is COc1cc(C(=O)O)c(-c2ccccc2)c(C(=O)O)c1. The Kier molecular flexibility index (Phi) is 3.70. The van der Waals surface area contributed by atoms with Crippen LogP contribution in [0.2, 0.25) is 0 Å². The van der Waals surface area contributed by atoms with Gasteiger partial charge in [0.25, 0.3) is 0 Å². The summed E-state index contributed by atoms with van der Waals surface area (Å²) in [7, 11) is 1.36. The van der Waals surface area contributed by atoms with Crippen molar-refractivity contribution in [2.75, 3.05) is 7.11 Å². The van der Waals surface area contributed by atoms with Crippen molar-refractivity contribution in [2.45, 2.75) is 0 Å². The minimum absolute atomic E-state index is 0.104. The van der Waals surface area contributed by atoms with Gasteiger partial charge in [-0.3, -0.25) is 0 Å². The number of carbonyl (C=O) groups is 2. The highest BCUT2D eigenvalue weighted by Crippen LogP contribution is 2.32. The molecule has 0 aliphatic rings. The fourth-order valence-corrected chi connectivity index (χ4v) is 1.99. The molecule has 0 atom stereocenters. The highest BCUT2D eigenvalue weighted by Gasteiger charge is 2.21. The lowest BCUT2D eigenvalue weighted by Gasteiger charge is -2.12. The third-order valence-electron chi connectivity index (χ3n) is 2.87. The Labute approximate surface area is 115 Å². The third-order valence-corrected chi connectivity index (χ3v) is 2.87. The van der Waals surface area contributed by atoms with Crippen LogP contribution in [-0.2, 0) is 0 Å². The van der Waals surface area contributed by atoms with E-state index in [4.69, 9.17) is 4.74 Å². The van der Waals surface area contributed by atoms with Crippen molar-refractivity contribution < 1.29 is 24.5 Å². The largest absolute Gasteiger partial charge is 0.497 e. The first kappa shape index (κ1) is 13.6. The molecule has 0 fully saturated rings. The summed E-state index contributed by atoms with van der Waals surface area (Å²) in [4.78, 5) is 22.8. The van der Waals surface area contributed by atoms with Gasteiger partial charge in [0.1, 0.15) is 5.75 Å². The number of methoxy groups -OCH3 is 1. The maximum absolute atomic E-state index is 11.4. The maximum atomic E-state index is 11.4. The molecule has 5 heteroatoms. The number of hydrogen-bond donors (Lipinski definition) is 2. The Bertz CT molecular complexity index is 626. The summed E-state index contributed by atoms with van der Waals surface area (Å²) < 4.78 is 4.96. The van der Waals surface area contributed by atoms with Crippen molar-refractivity contribution >= 4 is 11.9 Å². The second kappa shape index (κ2) is 5.44. The summed E-state index contributed by atoms with van der Waals surface area (Å²) in [5.74, 6) is -2.21. The summed E-state index contributed by atoms with van der Waals surface area (Å²) >= 11 is 0. The Morgan fingerprint density at radius 1 is 0.950 bits per heavy atom. The molecule has 0 aliphatic heterocycles. The summed E-state index contributed by atoms with van der Waals surface area (Å²) in [6, 6.07) is 11.2. The van der Waals surface area contributed by atoms with Gasteiger partial charge in [-0.05, 0) is 17.7 Å². The van der Waals surface area contributed by atoms with Gasteiger partial charge in [-0.15, -0.1) is 0 Å². The van der Waals surface area contributed by atoms with Crippen LogP contribution >= 0.6 is 0 Å². The quantitative estimate of drug-likeness (QED) is 0.894. The number of carboxylic acids is 2. The lowest BCUT2D eigenvalue weighted by atomic mass is 9.94. The Morgan fingerprint density at radius 3 is 1.85 bits per heavy atom. The van der Waals surface area contributed by atoms with E-state index in [9.17, 15) is 19.8 Å². The number of hydrogen-bond acceptors (Lipinski definition) is 3. The molecule has 5 nitrogen and oxygen atoms in total. The van der Waals surface area contributed by atoms with Crippen LogP contribution in [0.5, 0.6) is 5.75 Å². The fourth-order valence-electron chi connectivity index (χ4n) is 1.99. The van der Waals surface area contributed by atoms with E-state index < -0.39 is 11.9 Å². The molecule has 0 bridgehead atoms. The number of ether oxygens (including phenoxy) is 1. The van der Waals surface area contributed by atoms with Crippen molar-refractivity contribution in [3.63, 3.8) is 0 Å². The zero-order chi connectivity index (χ0) is 14.7. The third kappa shape index (κ3) is 2.47. The first-order chi connectivity index (χ1) is 9.54. The van der Waals surface area contributed by atoms with Gasteiger partial charge in [0.15, 0.2) is 0 Å². The lowest BCUT2D eigenvalue weighted by molar-refractivity contribution is 0.0696. The highest BCUT2D eigenvalue weighted by molar-refractivity contribution is 6.05. The number of aromatic carboxylic acids is 2. The molecular weight excluding hydrogens is 260 g/mol. The molecule has 0 saturated heterocycles. The average Bonchev–Trinajstić information content (AvgIpc) is 2.46. The van der Waals surface area contributed by atoms with Gasteiger partial charge >= 0.3 is 11.9 Å². The standard InChI is InChI=1S/C15H12O5/c1-20-10-7-11(14(16)17)13(12(8-10)15(18)19)9-5-3-2-4-6-9/h2-8H,1H3,(H,16,17)(H,18,19). The highest BCUT2D eigenvalue weighted by atomic mass is 16.5. The zero-order valence-electron chi connectivity index (χ0n) is 10.7. The molecule has 102 valence electrons. The van der Waals surface area contributed by atoms with E-state index in [1.54, 1.807) is 30.3 Å². The zero-order valence-corrected chi connectivity index (χ0v) is 10.7. The lowest BCUT2D eigenvalue weighted by Crippen LogP contribution is -2.08. The van der Waals surface area contributed by atoms with Crippen molar-refractivity contribution in [1.82, 2.24) is 0 Å². The van der Waals surface area contributed by atoms with E-state index in [0.29, 0.717) is 5.56 Å². The molecule has 20 heavy (non-hydrogen) atoms. The van der Waals surface area contributed by atoms with E-state index in [1.165, 1.54) is 19.2 Å². The maximum Gasteiger partial charge on any atom is 0.336 e. The molecular formula is C15H12O5. The number of carboxylic acid groups (broad SMARTS) is 2. The van der Waals surface area contributed by atoms with Crippen LogP contribution in [-0.4, -0.2) is 29.3 Å². The van der Waals surface area contributed by atoms with Gasteiger partial charge in [-0.25, -0.2) is 9.59 Å². The topological polar surface area (TPSA) is 83.8 Å². The van der Waals surface area contributed by atoms with Crippen LogP contribution in [0.3, 0.4) is 0 Å². The molecule has 0 aromatic heterocycles. The fraction of sp³-hybridized carbons (Fsp3) is 0.0667. The second-order valence-corrected chi connectivity index (χ2v) is 4.07. The number of benzene rings is 2. The molecule has 2 rings (SSSR count). The van der Waals surface area contributed by atoms with Crippen LogP contribution < -0.4 is 4.74 Å². The molecule has 2 N–H and O–H groups in total. The summed E-state index contributed by atoms with van der Waals surface area (Å²) in [6.07, 6.45) is 0. The Morgan fingerprint density at radius 2 is 1.45 bits per heavy atom. The second-order valence-electron chi connectivity index (χ2n) is 4.07. The molecule has 0 unspecified atom stereocenters. The van der Waals surface area contributed by atoms with Gasteiger partial charge in [0.05, 0.1) is 18.2 Å². The Balaban J connectivity index is 2.82. The summed E-state index contributed by atoms with van der Waals surface area (Å²) in [5, 5.41) is 18.6. The van der Waals surface area contributed by atoms with Crippen LogP contribution in [0.4, 0.5) is 0 Å². The van der Waals surface area contributed by atoms with E-state index >= 15 is 0 Å². The van der Waals surface area contributed by atoms with Crippen LogP contribution in [0.25, 0.3) is 11.1 Å². The molecule has 0 saturated carbocycles. The van der Waals surface area contributed by atoms with Gasteiger partial charge in [0.2, 0.25) is 0 Å². The van der Waals surface area contributed by atoms with E-state index in [2.05, 4.69) is 0 Å². The predicted octanol–water partition coefficient (Wildman–Crippen LogP) is 2.76. The molecule has 2 aromatic rings. The van der Waals surface area contributed by atoms with Crippen molar-refractivity contribution in [1.29, 1.82) is 0 Å². The van der Waals surface area contributed by atoms with Crippen LogP contribution in [0, 0.1) is 0 Å². The molecule has 0 heterocycles. The first-order valence-corrected chi connectivity index (χ1v) is 5.78. The minimum atomic E-state index is -1.20. The normalized spacial score (nSPS) is 10.1. The molecule has 2 aromatic carbocycles. The van der Waals surface area contributed by atoms with Crippen LogP contribution in [0.15, 0.2) is 42.5 Å². The Hall–Kier alpha value is -2.82. The molecule has 0 radical (unpaired) electrons. The predicted molar refractivity (Wildman–Crippen MR) is 72.3 cm³/mol. The van der Waals surface area contributed by atoms with E-state index in [0.717, 1.165) is 0 Å². The molecule has 0 spiro atoms. The van der Waals surface area contributed by atoms with Gasteiger partial charge in [-0.2, -0.15) is 0 Å². The first-order valence-electron chi connectivity index (χ1n) is 5.78. The van der Waals surface area contributed by atoms with Crippen molar-refractivity contribution in [2.24, 2.45) is 0 Å². The summed E-state index contributed by atoms with van der Waals surface area (Å²) in [6.45, 7) is 0. The minimum Gasteiger partial charge on any atom is -0.497 e. The summed E-state index contributed by atoms with van der Waals surface area (Å²) in [5.41, 5.74) is 0.497. The van der Waals surface area contributed by atoms with Gasteiger partial charge < -0.3 is 14.9 Å². The van der Waals surface area contributed by atoms with Crippen molar-refractivity contribution in [3.8, 4) is 16.9 Å². The molecule has 0 amide bonds. The van der Waals surface area contributed by atoms with Gasteiger partial charge in [0, 0.05) is 5.56 Å². The average molecular weight is 272 g/mol. The van der Waals surface area contributed by atoms with E-state index in [-0.39, 0.29) is 22.4 Å². The number of rotatable bonds is 4. The van der Waals surface area contributed by atoms with Crippen molar-refractivity contribution in [3.05, 3.63) is 53.6 Å². The van der Waals surface area contributed by atoms with Gasteiger partial charge in [-0.1, -0.05) is 30.3 Å². The smallest absolute Gasteiger partial charge is 0.336 e.